The number of amidine groups is 1. The van der Waals surface area contributed by atoms with Crippen LogP contribution in [-0.4, -0.2) is 56.6 Å². The summed E-state index contributed by atoms with van der Waals surface area (Å²) in [6.45, 7) is 11.7. The van der Waals surface area contributed by atoms with E-state index in [-0.39, 0.29) is 35.0 Å². The topological polar surface area (TPSA) is 122 Å². The third-order valence-electron chi connectivity index (χ3n) is 4.56. The lowest BCUT2D eigenvalue weighted by molar-refractivity contribution is -0.151. The van der Waals surface area contributed by atoms with Crippen LogP contribution in [0.3, 0.4) is 0 Å². The maximum atomic E-state index is 12.2. The van der Waals surface area contributed by atoms with E-state index < -0.39 is 40.3 Å². The summed E-state index contributed by atoms with van der Waals surface area (Å²) >= 11 is 0. The van der Waals surface area contributed by atoms with Crippen LogP contribution < -0.4 is 4.72 Å². The number of nitrogens with one attached hydrogen (secondary N) is 1. The Morgan fingerprint density at radius 3 is 2.34 bits per heavy atom. The quantitative estimate of drug-likeness (QED) is 0.229. The van der Waals surface area contributed by atoms with E-state index in [1.807, 2.05) is 19.1 Å². The second-order valence-electron chi connectivity index (χ2n) is 6.66. The maximum Gasteiger partial charge on any atom is 0.326 e. The standard InChI is InChI=1S/C22H25N3O6S/c1-5-9-10-15-13-16(6-2)32(29,30)24-20(15)23-11-12-31-19(26)14-25-21(27)17(7-3)18(8-4)22(25)28/h6-10,13,15H,2-5,11-12,14H2,1H3,(H,23,24)/b10-9-. The predicted octanol–water partition coefficient (Wildman–Crippen LogP) is 1.55. The number of sulfonamides is 1. The fraction of sp³-hybridized carbons (Fsp3) is 0.273. The third kappa shape index (κ3) is 5.38. The second kappa shape index (κ2) is 10.7. The number of carbonyl (C=O) groups excluding carboxylic acids is 3. The molecule has 0 aromatic carbocycles. The van der Waals surface area contributed by atoms with E-state index >= 15 is 0 Å². The molecule has 0 aromatic heterocycles. The molecule has 10 heteroatoms. The van der Waals surface area contributed by atoms with Crippen molar-refractivity contribution in [1.82, 2.24) is 9.62 Å². The van der Waals surface area contributed by atoms with Crippen molar-refractivity contribution in [2.24, 2.45) is 10.9 Å². The lowest BCUT2D eigenvalue weighted by Gasteiger charge is -2.21. The summed E-state index contributed by atoms with van der Waals surface area (Å²) in [6, 6.07) is 0. The van der Waals surface area contributed by atoms with Gasteiger partial charge in [0.1, 0.15) is 19.0 Å². The van der Waals surface area contributed by atoms with Gasteiger partial charge in [-0.1, -0.05) is 51.0 Å². The third-order valence-corrected chi connectivity index (χ3v) is 5.96. The molecule has 2 rings (SSSR count). The van der Waals surface area contributed by atoms with Gasteiger partial charge in [0.05, 0.1) is 28.5 Å². The Hall–Kier alpha value is -3.53. The first-order valence-electron chi connectivity index (χ1n) is 9.79. The highest BCUT2D eigenvalue weighted by Crippen LogP contribution is 2.22. The molecule has 0 saturated heterocycles. The molecule has 2 amide bonds. The van der Waals surface area contributed by atoms with Gasteiger partial charge in [-0.15, -0.1) is 0 Å². The molecule has 0 spiro atoms. The lowest BCUT2D eigenvalue weighted by atomic mass is 10.1. The van der Waals surface area contributed by atoms with Gasteiger partial charge in [0.2, 0.25) is 0 Å². The van der Waals surface area contributed by atoms with Crippen molar-refractivity contribution in [2.75, 3.05) is 19.7 Å². The summed E-state index contributed by atoms with van der Waals surface area (Å²) in [4.78, 5) is 41.6. The SMILES string of the molecule is C=CC1=CC(/C=C\CC)C(=NCCOC(=O)CN2C(=O)C(C=C)=C(C=C)C2=O)NS1(=O)=O. The highest BCUT2D eigenvalue weighted by molar-refractivity contribution is 7.94. The molecule has 1 unspecified atom stereocenters. The van der Waals surface area contributed by atoms with E-state index in [1.54, 1.807) is 0 Å². The number of ether oxygens (including phenoxy) is 1. The zero-order chi connectivity index (χ0) is 23.9. The fourth-order valence-electron chi connectivity index (χ4n) is 3.01. The number of imide groups is 1. The smallest absolute Gasteiger partial charge is 0.326 e. The molecule has 2 heterocycles. The van der Waals surface area contributed by atoms with Crippen molar-refractivity contribution < 1.29 is 27.5 Å². The van der Waals surface area contributed by atoms with Crippen LogP contribution in [0.2, 0.25) is 0 Å². The molecule has 9 nitrogen and oxygen atoms in total. The van der Waals surface area contributed by atoms with Gasteiger partial charge in [-0.3, -0.25) is 29.0 Å². The number of carbonyl (C=O) groups is 3. The van der Waals surface area contributed by atoms with Crippen LogP contribution in [0.1, 0.15) is 13.3 Å². The largest absolute Gasteiger partial charge is 0.462 e. The number of aliphatic imine (C=N–C) groups is 1. The number of esters is 1. The highest BCUT2D eigenvalue weighted by Gasteiger charge is 2.36. The molecule has 0 radical (unpaired) electrons. The van der Waals surface area contributed by atoms with E-state index in [9.17, 15) is 22.8 Å². The zero-order valence-electron chi connectivity index (χ0n) is 17.7. The molecule has 2 aliphatic rings. The Kier molecular flexibility index (Phi) is 8.25. The van der Waals surface area contributed by atoms with Gasteiger partial charge in [0.25, 0.3) is 21.8 Å². The molecule has 1 atom stereocenters. The molecule has 0 saturated carbocycles. The monoisotopic (exact) mass is 459 g/mol. The lowest BCUT2D eigenvalue weighted by Crippen LogP contribution is -2.39. The van der Waals surface area contributed by atoms with Gasteiger partial charge in [-0.2, -0.15) is 0 Å². The van der Waals surface area contributed by atoms with E-state index in [2.05, 4.69) is 29.5 Å². The average Bonchev–Trinajstić information content (AvgIpc) is 2.98. The van der Waals surface area contributed by atoms with Crippen molar-refractivity contribution in [1.29, 1.82) is 0 Å². The Balaban J connectivity index is 1.99. The van der Waals surface area contributed by atoms with E-state index in [0.29, 0.717) is 0 Å². The normalized spacial score (nSPS) is 21.5. The number of hydrogen-bond acceptors (Lipinski definition) is 7. The average molecular weight is 460 g/mol. The van der Waals surface area contributed by atoms with Gasteiger partial charge in [-0.05, 0) is 18.6 Å². The van der Waals surface area contributed by atoms with Crippen LogP contribution in [0.5, 0.6) is 0 Å². The molecule has 2 aliphatic heterocycles. The number of rotatable bonds is 10. The molecule has 170 valence electrons. The molecule has 1 N–H and O–H groups in total. The summed E-state index contributed by atoms with van der Waals surface area (Å²) < 4.78 is 31.9. The number of amides is 2. The van der Waals surface area contributed by atoms with Crippen LogP contribution >= 0.6 is 0 Å². The number of allylic oxidation sites excluding steroid dienone is 2. The first-order chi connectivity index (χ1) is 15.2. The fourth-order valence-corrected chi connectivity index (χ4v) is 4.15. The highest BCUT2D eigenvalue weighted by atomic mass is 32.2. The van der Waals surface area contributed by atoms with E-state index in [4.69, 9.17) is 4.74 Å². The second-order valence-corrected chi connectivity index (χ2v) is 8.34. The van der Waals surface area contributed by atoms with Crippen molar-refractivity contribution in [3.63, 3.8) is 0 Å². The van der Waals surface area contributed by atoms with Crippen LogP contribution in [0, 0.1) is 5.92 Å². The van der Waals surface area contributed by atoms with Crippen molar-refractivity contribution >= 4 is 33.6 Å². The molecule has 0 aliphatic carbocycles. The number of nitrogens with zero attached hydrogens (tertiary/aromatic N) is 2. The first kappa shape index (κ1) is 24.7. The van der Waals surface area contributed by atoms with Crippen LogP contribution in [-0.2, 0) is 29.1 Å². The Morgan fingerprint density at radius 2 is 1.81 bits per heavy atom. The van der Waals surface area contributed by atoms with Crippen molar-refractivity contribution in [3.05, 3.63) is 72.2 Å². The van der Waals surface area contributed by atoms with E-state index in [1.165, 1.54) is 24.3 Å². The molecular weight excluding hydrogens is 434 g/mol. The van der Waals surface area contributed by atoms with Gasteiger partial charge < -0.3 is 4.74 Å². The van der Waals surface area contributed by atoms with E-state index in [0.717, 1.165) is 11.3 Å². The summed E-state index contributed by atoms with van der Waals surface area (Å²) in [5.74, 6) is -2.31. The molecule has 32 heavy (non-hydrogen) atoms. The summed E-state index contributed by atoms with van der Waals surface area (Å²) in [5, 5.41) is 0. The first-order valence-corrected chi connectivity index (χ1v) is 11.3. The number of hydrogen-bond donors (Lipinski definition) is 1. The maximum absolute atomic E-state index is 12.2. The van der Waals surface area contributed by atoms with Crippen LogP contribution in [0.15, 0.2) is 77.2 Å². The summed E-state index contributed by atoms with van der Waals surface area (Å²) in [5.41, 5.74) is 0.152. The summed E-state index contributed by atoms with van der Waals surface area (Å²) in [6.07, 6.45) is 9.70. The Morgan fingerprint density at radius 1 is 1.19 bits per heavy atom. The van der Waals surface area contributed by atoms with Crippen molar-refractivity contribution in [2.45, 2.75) is 13.3 Å². The molecule has 0 aromatic rings. The van der Waals surface area contributed by atoms with Gasteiger partial charge >= 0.3 is 5.97 Å². The zero-order valence-corrected chi connectivity index (χ0v) is 18.6. The Bertz CT molecular complexity index is 1050. The van der Waals surface area contributed by atoms with Crippen LogP contribution in [0.4, 0.5) is 0 Å². The predicted molar refractivity (Wildman–Crippen MR) is 121 cm³/mol. The van der Waals surface area contributed by atoms with Crippen molar-refractivity contribution in [3.8, 4) is 0 Å². The summed E-state index contributed by atoms with van der Waals surface area (Å²) in [7, 11) is -3.76. The van der Waals surface area contributed by atoms with Gasteiger partial charge in [0, 0.05) is 0 Å². The van der Waals surface area contributed by atoms with Gasteiger partial charge in [-0.25, -0.2) is 8.42 Å². The molecule has 0 bridgehead atoms. The minimum absolute atomic E-state index is 0.0206. The van der Waals surface area contributed by atoms with Gasteiger partial charge in [0.15, 0.2) is 0 Å². The van der Waals surface area contributed by atoms with Crippen LogP contribution in [0.25, 0.3) is 0 Å². The minimum Gasteiger partial charge on any atom is -0.462 e. The molecule has 0 fully saturated rings. The molecular formula is C22H25N3O6S. The Labute approximate surface area is 187 Å². The minimum atomic E-state index is -3.76.